The summed E-state index contributed by atoms with van der Waals surface area (Å²) in [5.74, 6) is 2.05. The minimum atomic E-state index is 1.01. The van der Waals surface area contributed by atoms with Crippen molar-refractivity contribution in [3.63, 3.8) is 0 Å². The zero-order chi connectivity index (χ0) is 7.40. The molecular formula is C10H20. The van der Waals surface area contributed by atoms with Gasteiger partial charge in [0.25, 0.3) is 0 Å². The van der Waals surface area contributed by atoms with Crippen molar-refractivity contribution in [2.24, 2.45) is 11.8 Å². The Morgan fingerprint density at radius 3 is 2.50 bits per heavy atom. The Morgan fingerprint density at radius 2 is 1.80 bits per heavy atom. The molecule has 0 radical (unpaired) electrons. The van der Waals surface area contributed by atoms with E-state index in [1.54, 1.807) is 0 Å². The summed E-state index contributed by atoms with van der Waals surface area (Å²) in [5.41, 5.74) is 0. The second-order valence-electron chi connectivity index (χ2n) is 3.78. The molecule has 0 bridgehead atoms. The first-order valence-electron chi connectivity index (χ1n) is 4.84. The van der Waals surface area contributed by atoms with Gasteiger partial charge in [-0.2, -0.15) is 0 Å². The molecule has 0 heterocycles. The molecular weight excluding hydrogens is 120 g/mol. The van der Waals surface area contributed by atoms with Crippen LogP contribution in [0.2, 0.25) is 0 Å². The smallest absolute Gasteiger partial charge is 0.0391 e. The summed E-state index contributed by atoms with van der Waals surface area (Å²) in [6.45, 7) is 4.77. The average Bonchev–Trinajstić information content (AvgIpc) is 2.13. The largest absolute Gasteiger partial charge is 0.0651 e. The standard InChI is InChI=1S/C10H20/c1-3-10-8-6-4-5-7-9(10)2/h9-10H,3-8H2,1-2H3/t9-,10?/m0/s1. The van der Waals surface area contributed by atoms with Crippen molar-refractivity contribution in [2.45, 2.75) is 52.4 Å². The number of hydrogen-bond donors (Lipinski definition) is 0. The fourth-order valence-corrected chi connectivity index (χ4v) is 2.18. The van der Waals surface area contributed by atoms with Crippen LogP contribution in [0, 0.1) is 11.8 Å². The predicted molar refractivity (Wildman–Crippen MR) is 46.0 cm³/mol. The zero-order valence-corrected chi connectivity index (χ0v) is 7.40. The van der Waals surface area contributed by atoms with Crippen LogP contribution >= 0.6 is 0 Å². The van der Waals surface area contributed by atoms with Gasteiger partial charge in [0.2, 0.25) is 0 Å². The normalized spacial score (nSPS) is 35.4. The molecule has 0 aromatic carbocycles. The molecule has 1 rings (SSSR count). The molecule has 1 fully saturated rings. The number of hydrogen-bond acceptors (Lipinski definition) is 0. The molecule has 1 saturated carbocycles. The third-order valence-corrected chi connectivity index (χ3v) is 3.06. The SMILES string of the molecule is CCC1CCCCC[C@@H]1C. The van der Waals surface area contributed by atoms with E-state index < -0.39 is 0 Å². The molecule has 0 aliphatic heterocycles. The van der Waals surface area contributed by atoms with Gasteiger partial charge in [0, 0.05) is 0 Å². The Morgan fingerprint density at radius 1 is 1.10 bits per heavy atom. The van der Waals surface area contributed by atoms with Gasteiger partial charge >= 0.3 is 0 Å². The highest BCUT2D eigenvalue weighted by Gasteiger charge is 2.17. The molecule has 2 atom stereocenters. The van der Waals surface area contributed by atoms with Gasteiger partial charge in [-0.25, -0.2) is 0 Å². The molecule has 10 heavy (non-hydrogen) atoms. The molecule has 1 aliphatic rings. The van der Waals surface area contributed by atoms with E-state index in [1.807, 2.05) is 0 Å². The van der Waals surface area contributed by atoms with E-state index in [-0.39, 0.29) is 0 Å². The lowest BCUT2D eigenvalue weighted by Crippen LogP contribution is -2.07. The molecule has 1 unspecified atom stereocenters. The van der Waals surface area contributed by atoms with Crippen LogP contribution in [0.1, 0.15) is 52.4 Å². The third-order valence-electron chi connectivity index (χ3n) is 3.06. The van der Waals surface area contributed by atoms with Gasteiger partial charge in [0.05, 0.1) is 0 Å². The first-order chi connectivity index (χ1) is 4.84. The summed E-state index contributed by atoms with van der Waals surface area (Å²) in [6, 6.07) is 0. The Balaban J connectivity index is 2.35. The van der Waals surface area contributed by atoms with Crippen molar-refractivity contribution >= 4 is 0 Å². The van der Waals surface area contributed by atoms with Crippen molar-refractivity contribution in [1.29, 1.82) is 0 Å². The van der Waals surface area contributed by atoms with Crippen molar-refractivity contribution in [2.75, 3.05) is 0 Å². The molecule has 0 spiro atoms. The lowest BCUT2D eigenvalue weighted by molar-refractivity contribution is 0.328. The van der Waals surface area contributed by atoms with Crippen molar-refractivity contribution in [3.05, 3.63) is 0 Å². The van der Waals surface area contributed by atoms with Gasteiger partial charge < -0.3 is 0 Å². The molecule has 0 saturated heterocycles. The van der Waals surface area contributed by atoms with E-state index in [1.165, 1.54) is 38.5 Å². The van der Waals surface area contributed by atoms with Gasteiger partial charge in [-0.05, 0) is 11.8 Å². The maximum absolute atomic E-state index is 2.43. The second-order valence-corrected chi connectivity index (χ2v) is 3.78. The highest BCUT2D eigenvalue weighted by molar-refractivity contribution is 4.69. The molecule has 0 aromatic rings. The van der Waals surface area contributed by atoms with E-state index in [0.29, 0.717) is 0 Å². The van der Waals surface area contributed by atoms with Crippen LogP contribution in [0.5, 0.6) is 0 Å². The summed E-state index contributed by atoms with van der Waals surface area (Å²) in [6.07, 6.45) is 8.85. The highest BCUT2D eigenvalue weighted by Crippen LogP contribution is 2.30. The van der Waals surface area contributed by atoms with Gasteiger partial charge in [-0.3, -0.25) is 0 Å². The van der Waals surface area contributed by atoms with Gasteiger partial charge in [0.15, 0.2) is 0 Å². The maximum atomic E-state index is 2.43. The van der Waals surface area contributed by atoms with Gasteiger partial charge in [-0.15, -0.1) is 0 Å². The molecule has 0 amide bonds. The van der Waals surface area contributed by atoms with Gasteiger partial charge in [0.1, 0.15) is 0 Å². The Kier molecular flexibility index (Phi) is 3.24. The topological polar surface area (TPSA) is 0 Å². The van der Waals surface area contributed by atoms with E-state index in [0.717, 1.165) is 11.8 Å². The van der Waals surface area contributed by atoms with E-state index in [9.17, 15) is 0 Å². The second kappa shape index (κ2) is 4.00. The summed E-state index contributed by atoms with van der Waals surface area (Å²) in [7, 11) is 0. The molecule has 1 aliphatic carbocycles. The van der Waals surface area contributed by atoms with Crippen molar-refractivity contribution < 1.29 is 0 Å². The Hall–Kier alpha value is 0. The third kappa shape index (κ3) is 2.00. The van der Waals surface area contributed by atoms with Crippen LogP contribution in [0.15, 0.2) is 0 Å². The van der Waals surface area contributed by atoms with Crippen LogP contribution < -0.4 is 0 Å². The minimum Gasteiger partial charge on any atom is -0.0651 e. The lowest BCUT2D eigenvalue weighted by Gasteiger charge is -2.18. The lowest BCUT2D eigenvalue weighted by atomic mass is 9.88. The van der Waals surface area contributed by atoms with E-state index in [4.69, 9.17) is 0 Å². The van der Waals surface area contributed by atoms with Crippen molar-refractivity contribution in [3.8, 4) is 0 Å². The summed E-state index contributed by atoms with van der Waals surface area (Å²) < 4.78 is 0. The fraction of sp³-hybridized carbons (Fsp3) is 1.00. The quantitative estimate of drug-likeness (QED) is 0.488. The van der Waals surface area contributed by atoms with Crippen molar-refractivity contribution in [1.82, 2.24) is 0 Å². The monoisotopic (exact) mass is 140 g/mol. The molecule has 0 nitrogen and oxygen atoms in total. The fourth-order valence-electron chi connectivity index (χ4n) is 2.18. The molecule has 0 heteroatoms. The first kappa shape index (κ1) is 8.10. The van der Waals surface area contributed by atoms with Crippen LogP contribution in [-0.4, -0.2) is 0 Å². The maximum Gasteiger partial charge on any atom is -0.0391 e. The Labute approximate surface area is 65.0 Å². The van der Waals surface area contributed by atoms with Gasteiger partial charge in [-0.1, -0.05) is 52.4 Å². The van der Waals surface area contributed by atoms with Crippen LogP contribution in [0.25, 0.3) is 0 Å². The molecule has 0 N–H and O–H groups in total. The summed E-state index contributed by atoms with van der Waals surface area (Å²) >= 11 is 0. The van der Waals surface area contributed by atoms with Crippen LogP contribution in [0.4, 0.5) is 0 Å². The van der Waals surface area contributed by atoms with Crippen LogP contribution in [0.3, 0.4) is 0 Å². The van der Waals surface area contributed by atoms with Crippen LogP contribution in [-0.2, 0) is 0 Å². The first-order valence-corrected chi connectivity index (χ1v) is 4.84. The van der Waals surface area contributed by atoms with E-state index in [2.05, 4.69) is 13.8 Å². The summed E-state index contributed by atoms with van der Waals surface area (Å²) in [5, 5.41) is 0. The Bertz CT molecular complexity index is 86.0. The molecule has 0 aromatic heterocycles. The molecule has 60 valence electrons. The minimum absolute atomic E-state index is 1.01. The predicted octanol–water partition coefficient (Wildman–Crippen LogP) is 3.61. The zero-order valence-electron chi connectivity index (χ0n) is 7.40. The van der Waals surface area contributed by atoms with E-state index >= 15 is 0 Å². The number of rotatable bonds is 1. The summed E-state index contributed by atoms with van der Waals surface area (Å²) in [4.78, 5) is 0. The average molecular weight is 140 g/mol. The highest BCUT2D eigenvalue weighted by atomic mass is 14.2.